The van der Waals surface area contributed by atoms with Crippen molar-refractivity contribution in [3.63, 3.8) is 0 Å². The van der Waals surface area contributed by atoms with Crippen LogP contribution in [-0.4, -0.2) is 26.9 Å². The van der Waals surface area contributed by atoms with Crippen LogP contribution in [0.4, 0.5) is 5.69 Å². The summed E-state index contributed by atoms with van der Waals surface area (Å²) in [6, 6.07) is 6.13. The van der Waals surface area contributed by atoms with E-state index < -0.39 is 0 Å². The van der Waals surface area contributed by atoms with Gasteiger partial charge >= 0.3 is 0 Å². The number of amidine groups is 1. The van der Waals surface area contributed by atoms with Crippen molar-refractivity contribution in [2.45, 2.75) is 26.7 Å². The molecule has 0 radical (unpaired) electrons. The van der Waals surface area contributed by atoms with Crippen molar-refractivity contribution >= 4 is 39.2 Å². The maximum absolute atomic E-state index is 4.72. The topological polar surface area (TPSA) is 42.5 Å². The zero-order valence-electron chi connectivity index (χ0n) is 13.6. The van der Waals surface area contributed by atoms with E-state index in [0.717, 1.165) is 40.3 Å². The number of aliphatic imine (C=N–C) groups is 2. The van der Waals surface area contributed by atoms with Gasteiger partial charge in [0.2, 0.25) is 0 Å². The molecule has 0 spiro atoms. The number of hydrogen-bond acceptors (Lipinski definition) is 3. The molecule has 1 heterocycles. The number of benzene rings is 1. The van der Waals surface area contributed by atoms with E-state index in [4.69, 9.17) is 4.99 Å². The number of allylic oxidation sites excluding steroid dienone is 1. The third-order valence-electron chi connectivity index (χ3n) is 3.22. The highest BCUT2D eigenvalue weighted by atomic mass is 32.2. The Morgan fingerprint density at radius 1 is 1.41 bits per heavy atom. The molecule has 5 heteroatoms. The molecule has 0 atom stereocenters. The fourth-order valence-corrected chi connectivity index (χ4v) is 2.62. The summed E-state index contributed by atoms with van der Waals surface area (Å²) in [7, 11) is 1.94. The van der Waals surface area contributed by atoms with E-state index >= 15 is 0 Å². The van der Waals surface area contributed by atoms with E-state index in [2.05, 4.69) is 29.1 Å². The molecule has 0 unspecified atom stereocenters. The van der Waals surface area contributed by atoms with Crippen LogP contribution in [0.3, 0.4) is 0 Å². The summed E-state index contributed by atoms with van der Waals surface area (Å²) < 4.78 is 1.87. The number of nitrogens with zero attached hydrogens (tertiary/aromatic N) is 4. The molecule has 2 aromatic rings. The lowest BCUT2D eigenvalue weighted by Crippen LogP contribution is -1.97. The van der Waals surface area contributed by atoms with Crippen LogP contribution in [0.25, 0.3) is 10.9 Å². The molecule has 0 aliphatic carbocycles. The summed E-state index contributed by atoms with van der Waals surface area (Å²) in [6.45, 7) is 4.14. The van der Waals surface area contributed by atoms with E-state index in [1.165, 1.54) is 0 Å². The minimum atomic E-state index is 0.868. The van der Waals surface area contributed by atoms with Crippen molar-refractivity contribution in [1.29, 1.82) is 0 Å². The molecule has 4 nitrogen and oxygen atoms in total. The predicted molar refractivity (Wildman–Crippen MR) is 98.5 cm³/mol. The number of thioether (sulfide) groups is 1. The summed E-state index contributed by atoms with van der Waals surface area (Å²) >= 11 is 1.63. The Morgan fingerprint density at radius 2 is 2.23 bits per heavy atom. The quantitative estimate of drug-likeness (QED) is 0.604. The molecule has 0 fully saturated rings. The first-order valence-electron chi connectivity index (χ1n) is 7.42. The second-order valence-corrected chi connectivity index (χ2v) is 5.77. The van der Waals surface area contributed by atoms with Gasteiger partial charge in [0.05, 0.1) is 22.4 Å². The highest BCUT2D eigenvalue weighted by molar-refractivity contribution is 8.13. The van der Waals surface area contributed by atoms with Crippen LogP contribution in [0.2, 0.25) is 0 Å². The van der Waals surface area contributed by atoms with E-state index in [1.807, 2.05) is 49.3 Å². The molecule has 0 aliphatic rings. The minimum absolute atomic E-state index is 0.868. The van der Waals surface area contributed by atoms with E-state index in [1.54, 1.807) is 11.8 Å². The molecule has 0 saturated heterocycles. The molecule has 22 heavy (non-hydrogen) atoms. The Kier molecular flexibility index (Phi) is 5.95. The van der Waals surface area contributed by atoms with Crippen LogP contribution in [0.1, 0.15) is 26.7 Å². The van der Waals surface area contributed by atoms with Crippen molar-refractivity contribution < 1.29 is 0 Å². The maximum Gasteiger partial charge on any atom is 0.130 e. The summed E-state index contributed by atoms with van der Waals surface area (Å²) in [4.78, 5) is 9.40. The van der Waals surface area contributed by atoms with Gasteiger partial charge in [-0.3, -0.25) is 4.68 Å². The molecule has 0 N–H and O–H groups in total. The monoisotopic (exact) mass is 314 g/mol. The minimum Gasteiger partial charge on any atom is -0.268 e. The zero-order chi connectivity index (χ0) is 15.9. The second kappa shape index (κ2) is 7.94. The molecule has 116 valence electrons. The Balaban J connectivity index is 2.38. The van der Waals surface area contributed by atoms with Gasteiger partial charge in [0.1, 0.15) is 5.84 Å². The summed E-state index contributed by atoms with van der Waals surface area (Å²) in [5, 5.41) is 6.35. The average molecular weight is 314 g/mol. The van der Waals surface area contributed by atoms with Gasteiger partial charge in [0.15, 0.2) is 0 Å². The smallest absolute Gasteiger partial charge is 0.130 e. The lowest BCUT2D eigenvalue weighted by atomic mass is 10.2. The summed E-state index contributed by atoms with van der Waals surface area (Å²) in [5.41, 5.74) is 2.03. The SMILES string of the molecule is CC=CC(=NC(CCC)=Nc1ccc2c(cnn2C)c1)SC. The molecule has 0 saturated carbocycles. The molecule has 2 rings (SSSR count). The highest BCUT2D eigenvalue weighted by Gasteiger charge is 2.03. The van der Waals surface area contributed by atoms with Gasteiger partial charge in [-0.25, -0.2) is 9.98 Å². The van der Waals surface area contributed by atoms with Gasteiger partial charge < -0.3 is 0 Å². The molecular formula is C17H22N4S. The highest BCUT2D eigenvalue weighted by Crippen LogP contribution is 2.21. The molecule has 0 aliphatic heterocycles. The Hall–Kier alpha value is -1.88. The molecule has 1 aromatic carbocycles. The normalized spacial score (nSPS) is 13.5. The van der Waals surface area contributed by atoms with Crippen molar-refractivity contribution in [3.8, 4) is 0 Å². The van der Waals surface area contributed by atoms with Gasteiger partial charge in [-0.15, -0.1) is 11.8 Å². The van der Waals surface area contributed by atoms with Crippen molar-refractivity contribution in [2.75, 3.05) is 6.26 Å². The fraction of sp³-hybridized carbons (Fsp3) is 0.353. The maximum atomic E-state index is 4.72. The molecular weight excluding hydrogens is 292 g/mol. The lowest BCUT2D eigenvalue weighted by molar-refractivity contribution is 0.797. The molecule has 0 bridgehead atoms. The predicted octanol–water partition coefficient (Wildman–Crippen LogP) is 4.74. The van der Waals surface area contributed by atoms with Gasteiger partial charge in [0, 0.05) is 18.9 Å². The summed E-state index contributed by atoms with van der Waals surface area (Å²) in [6.07, 6.45) is 9.80. The zero-order valence-corrected chi connectivity index (χ0v) is 14.4. The van der Waals surface area contributed by atoms with Crippen LogP contribution in [-0.2, 0) is 7.05 Å². The summed E-state index contributed by atoms with van der Waals surface area (Å²) in [5.74, 6) is 0.869. The Bertz CT molecular complexity index is 725. The van der Waals surface area contributed by atoms with Crippen LogP contribution in [0.5, 0.6) is 0 Å². The Labute approximate surface area is 136 Å². The van der Waals surface area contributed by atoms with Crippen LogP contribution in [0.15, 0.2) is 46.5 Å². The first-order valence-corrected chi connectivity index (χ1v) is 8.65. The number of fused-ring (bicyclic) bond motifs is 1. The van der Waals surface area contributed by atoms with Crippen LogP contribution < -0.4 is 0 Å². The number of hydrogen-bond donors (Lipinski definition) is 0. The third-order valence-corrected chi connectivity index (χ3v) is 3.86. The number of aryl methyl sites for hydroxylation is 1. The van der Waals surface area contributed by atoms with Gasteiger partial charge in [-0.1, -0.05) is 13.0 Å². The van der Waals surface area contributed by atoms with Crippen molar-refractivity contribution in [2.24, 2.45) is 17.0 Å². The van der Waals surface area contributed by atoms with Gasteiger partial charge in [-0.05, 0) is 43.9 Å². The van der Waals surface area contributed by atoms with E-state index in [-0.39, 0.29) is 0 Å². The first-order chi connectivity index (χ1) is 10.7. The second-order valence-electron chi connectivity index (χ2n) is 4.94. The Morgan fingerprint density at radius 3 is 2.91 bits per heavy atom. The van der Waals surface area contributed by atoms with Crippen LogP contribution >= 0.6 is 11.8 Å². The number of rotatable bonds is 4. The van der Waals surface area contributed by atoms with Gasteiger partial charge in [-0.2, -0.15) is 5.10 Å². The largest absolute Gasteiger partial charge is 0.268 e. The van der Waals surface area contributed by atoms with E-state index in [9.17, 15) is 0 Å². The molecule has 0 amide bonds. The lowest BCUT2D eigenvalue weighted by Gasteiger charge is -2.03. The fourth-order valence-electron chi connectivity index (χ4n) is 2.15. The van der Waals surface area contributed by atoms with Crippen molar-refractivity contribution in [3.05, 3.63) is 36.5 Å². The number of aromatic nitrogens is 2. The molecule has 1 aromatic heterocycles. The van der Waals surface area contributed by atoms with Crippen molar-refractivity contribution in [1.82, 2.24) is 9.78 Å². The van der Waals surface area contributed by atoms with Gasteiger partial charge in [0.25, 0.3) is 0 Å². The third kappa shape index (κ3) is 4.07. The van der Waals surface area contributed by atoms with Crippen LogP contribution in [0, 0.1) is 0 Å². The van der Waals surface area contributed by atoms with E-state index in [0.29, 0.717) is 0 Å². The standard InChI is InChI=1S/C17H22N4S/c1-5-7-16(20-17(22-4)8-6-2)19-14-9-10-15-13(11-14)12-18-21(15)3/h6,8-12H,5,7H2,1-4H3. The average Bonchev–Trinajstić information content (AvgIpc) is 2.88. The first kappa shape index (κ1) is 16.5.